The van der Waals surface area contributed by atoms with Crippen molar-refractivity contribution in [3.05, 3.63) is 78.1 Å². The lowest BCUT2D eigenvalue weighted by Gasteiger charge is -2.09. The van der Waals surface area contributed by atoms with Crippen LogP contribution in [0, 0.1) is 5.82 Å². The number of hydrogen-bond acceptors (Lipinski definition) is 3. The molecule has 1 amide bonds. The van der Waals surface area contributed by atoms with Crippen LogP contribution < -0.4 is 10.3 Å². The molecule has 3 aromatic carbocycles. The Morgan fingerprint density at radius 1 is 0.875 bits per heavy atom. The normalized spacial score (nSPS) is 11.4. The first kappa shape index (κ1) is 16.1. The number of carbonyl (C=O) groups is 1. The molecule has 0 aliphatic carbocycles. The molecule has 0 aliphatic rings. The molecule has 0 fully saturated rings. The van der Waals surface area contributed by atoms with Crippen LogP contribution in [0.5, 0.6) is 0 Å². The largest absolute Gasteiger partial charge is 0.273 e. The van der Waals surface area contributed by atoms with Crippen LogP contribution in [-0.2, 0) is 10.0 Å². The van der Waals surface area contributed by atoms with E-state index in [1.807, 2.05) is 29.1 Å². The molecule has 0 spiro atoms. The highest BCUT2D eigenvalue weighted by molar-refractivity contribution is 7.89. The minimum absolute atomic E-state index is 0.282. The minimum atomic E-state index is -4.19. The van der Waals surface area contributed by atoms with Gasteiger partial charge in [-0.3, -0.25) is 10.2 Å². The average Bonchev–Trinajstić information content (AvgIpc) is 2.59. The molecule has 0 radical (unpaired) electrons. The molecular weight excluding hydrogens is 331 g/mol. The molecule has 0 atom stereocenters. The van der Waals surface area contributed by atoms with Crippen molar-refractivity contribution in [1.82, 2.24) is 10.3 Å². The van der Waals surface area contributed by atoms with Gasteiger partial charge in [-0.1, -0.05) is 42.5 Å². The van der Waals surface area contributed by atoms with Gasteiger partial charge in [-0.05, 0) is 35.0 Å². The third-order valence-electron chi connectivity index (χ3n) is 3.44. The predicted molar refractivity (Wildman–Crippen MR) is 88.1 cm³/mol. The molecule has 5 nitrogen and oxygen atoms in total. The smallest absolute Gasteiger partial charge is 0.266 e. The first-order chi connectivity index (χ1) is 11.5. The number of benzene rings is 3. The number of hydrazine groups is 1. The van der Waals surface area contributed by atoms with Crippen molar-refractivity contribution in [1.29, 1.82) is 0 Å². The van der Waals surface area contributed by atoms with E-state index in [2.05, 4.69) is 5.43 Å². The van der Waals surface area contributed by atoms with Gasteiger partial charge in [0.2, 0.25) is 0 Å². The Morgan fingerprint density at radius 3 is 2.29 bits per heavy atom. The van der Waals surface area contributed by atoms with E-state index in [-0.39, 0.29) is 5.56 Å². The van der Waals surface area contributed by atoms with Gasteiger partial charge in [0.05, 0.1) is 0 Å². The second-order valence-corrected chi connectivity index (χ2v) is 6.70. The van der Waals surface area contributed by atoms with Crippen LogP contribution in [0.3, 0.4) is 0 Å². The van der Waals surface area contributed by atoms with Gasteiger partial charge < -0.3 is 0 Å². The summed E-state index contributed by atoms with van der Waals surface area (Å²) in [6.45, 7) is 0. The molecule has 122 valence electrons. The topological polar surface area (TPSA) is 75.3 Å². The zero-order valence-corrected chi connectivity index (χ0v) is 13.2. The summed E-state index contributed by atoms with van der Waals surface area (Å²) in [5.74, 6) is -1.54. The Balaban J connectivity index is 1.78. The number of amides is 1. The van der Waals surface area contributed by atoms with Crippen molar-refractivity contribution >= 4 is 26.7 Å². The van der Waals surface area contributed by atoms with E-state index in [9.17, 15) is 17.6 Å². The van der Waals surface area contributed by atoms with Crippen molar-refractivity contribution in [3.63, 3.8) is 0 Å². The Bertz CT molecular complexity index is 1020. The quantitative estimate of drug-likeness (QED) is 0.715. The van der Waals surface area contributed by atoms with E-state index in [1.165, 1.54) is 12.1 Å². The van der Waals surface area contributed by atoms with Crippen LogP contribution in [0.2, 0.25) is 0 Å². The number of halogens is 1. The van der Waals surface area contributed by atoms with Crippen LogP contribution in [0.15, 0.2) is 71.6 Å². The first-order valence-corrected chi connectivity index (χ1v) is 8.51. The summed E-state index contributed by atoms with van der Waals surface area (Å²) in [5, 5.41) is 1.81. The summed E-state index contributed by atoms with van der Waals surface area (Å²) in [5.41, 5.74) is 2.37. The molecule has 0 aromatic heterocycles. The molecular formula is C17H13FN2O3S. The zero-order chi connectivity index (χ0) is 17.2. The van der Waals surface area contributed by atoms with Gasteiger partial charge in [0, 0.05) is 5.56 Å². The molecule has 0 unspecified atom stereocenters. The first-order valence-electron chi connectivity index (χ1n) is 7.03. The summed E-state index contributed by atoms with van der Waals surface area (Å²) < 4.78 is 37.6. The standard InChI is InChI=1S/C17H13FN2O3S/c18-15-7-3-4-8-16(15)24(22,23)20-19-17(21)14-10-9-12-5-1-2-6-13(12)11-14/h1-11,20H,(H,19,21). The fraction of sp³-hybridized carbons (Fsp3) is 0. The van der Waals surface area contributed by atoms with E-state index < -0.39 is 26.6 Å². The van der Waals surface area contributed by atoms with E-state index in [0.717, 1.165) is 22.9 Å². The van der Waals surface area contributed by atoms with Gasteiger partial charge in [-0.25, -0.2) is 12.8 Å². The zero-order valence-electron chi connectivity index (χ0n) is 12.4. The molecule has 2 N–H and O–H groups in total. The van der Waals surface area contributed by atoms with Crippen LogP contribution in [0.25, 0.3) is 10.8 Å². The summed E-state index contributed by atoms with van der Waals surface area (Å²) in [7, 11) is -4.19. The minimum Gasteiger partial charge on any atom is -0.273 e. The number of carbonyl (C=O) groups excluding carboxylic acids is 1. The molecule has 0 bridgehead atoms. The number of rotatable bonds is 4. The van der Waals surface area contributed by atoms with Crippen molar-refractivity contribution in [2.75, 3.05) is 0 Å². The molecule has 0 saturated carbocycles. The monoisotopic (exact) mass is 344 g/mol. The van der Waals surface area contributed by atoms with Gasteiger partial charge in [0.1, 0.15) is 10.7 Å². The average molecular weight is 344 g/mol. The van der Waals surface area contributed by atoms with Gasteiger partial charge in [0.15, 0.2) is 0 Å². The highest BCUT2D eigenvalue weighted by Gasteiger charge is 2.19. The van der Waals surface area contributed by atoms with Gasteiger partial charge in [-0.2, -0.15) is 0 Å². The lowest BCUT2D eigenvalue weighted by molar-refractivity contribution is 0.0945. The number of sulfonamides is 1. The lowest BCUT2D eigenvalue weighted by atomic mass is 10.1. The highest BCUT2D eigenvalue weighted by Crippen LogP contribution is 2.16. The molecule has 24 heavy (non-hydrogen) atoms. The van der Waals surface area contributed by atoms with Crippen LogP contribution in [-0.4, -0.2) is 14.3 Å². The predicted octanol–water partition coefficient (Wildman–Crippen LogP) is 2.60. The van der Waals surface area contributed by atoms with Crippen molar-refractivity contribution < 1.29 is 17.6 Å². The number of hydrogen-bond donors (Lipinski definition) is 2. The third-order valence-corrected chi connectivity index (χ3v) is 4.72. The Morgan fingerprint density at radius 2 is 1.54 bits per heavy atom. The maximum Gasteiger partial charge on any atom is 0.266 e. The SMILES string of the molecule is O=C(NNS(=O)(=O)c1ccccc1F)c1ccc2ccccc2c1. The van der Waals surface area contributed by atoms with Gasteiger partial charge in [0.25, 0.3) is 15.9 Å². The van der Waals surface area contributed by atoms with Crippen LogP contribution in [0.1, 0.15) is 10.4 Å². The maximum atomic E-state index is 13.6. The third kappa shape index (κ3) is 3.27. The van der Waals surface area contributed by atoms with E-state index >= 15 is 0 Å². The molecule has 7 heteroatoms. The highest BCUT2D eigenvalue weighted by atomic mass is 32.2. The fourth-order valence-electron chi connectivity index (χ4n) is 2.23. The summed E-state index contributed by atoms with van der Waals surface area (Å²) in [6, 6.07) is 17.3. The molecule has 0 heterocycles. The van der Waals surface area contributed by atoms with Crippen molar-refractivity contribution in [3.8, 4) is 0 Å². The molecule has 0 saturated heterocycles. The summed E-state index contributed by atoms with van der Waals surface area (Å²) >= 11 is 0. The van der Waals surface area contributed by atoms with Gasteiger partial charge in [-0.15, -0.1) is 4.83 Å². The second kappa shape index (κ2) is 6.38. The Labute approximate surface area is 138 Å². The van der Waals surface area contributed by atoms with Crippen molar-refractivity contribution in [2.45, 2.75) is 4.90 Å². The van der Waals surface area contributed by atoms with Crippen molar-refractivity contribution in [2.24, 2.45) is 0 Å². The Kier molecular flexibility index (Phi) is 4.28. The molecule has 3 aromatic rings. The fourth-order valence-corrected chi connectivity index (χ4v) is 3.15. The van der Waals surface area contributed by atoms with E-state index in [0.29, 0.717) is 0 Å². The Hall–Kier alpha value is -2.77. The summed E-state index contributed by atoms with van der Waals surface area (Å²) in [6.07, 6.45) is 0. The molecule has 3 rings (SSSR count). The maximum absolute atomic E-state index is 13.6. The lowest BCUT2D eigenvalue weighted by Crippen LogP contribution is -2.41. The number of fused-ring (bicyclic) bond motifs is 1. The molecule has 0 aliphatic heterocycles. The van der Waals surface area contributed by atoms with Crippen LogP contribution >= 0.6 is 0 Å². The van der Waals surface area contributed by atoms with Gasteiger partial charge >= 0.3 is 0 Å². The van der Waals surface area contributed by atoms with Crippen LogP contribution in [0.4, 0.5) is 4.39 Å². The van der Waals surface area contributed by atoms with E-state index in [1.54, 1.807) is 18.2 Å². The van der Waals surface area contributed by atoms with E-state index in [4.69, 9.17) is 0 Å². The number of nitrogens with one attached hydrogen (secondary N) is 2. The summed E-state index contributed by atoms with van der Waals surface area (Å²) in [4.78, 5) is 13.5. The second-order valence-electron chi connectivity index (χ2n) is 5.05.